The Labute approximate surface area is 170 Å². The van der Waals surface area contributed by atoms with E-state index in [1.54, 1.807) is 0 Å². The molecule has 29 heavy (non-hydrogen) atoms. The smallest absolute Gasteiger partial charge is 0.253 e. The largest absolute Gasteiger partial charge is 0.378 e. The second-order valence-corrected chi connectivity index (χ2v) is 8.23. The van der Waals surface area contributed by atoms with Crippen molar-refractivity contribution in [2.24, 2.45) is 0 Å². The summed E-state index contributed by atoms with van der Waals surface area (Å²) in [7, 11) is 0. The number of carbonyl (C=O) groups is 2. The van der Waals surface area contributed by atoms with E-state index in [1.807, 2.05) is 70.5 Å². The number of fused-ring (bicyclic) bond motifs is 2. The molecular formula is C23H25N3O3. The molecule has 3 heterocycles. The number of morpholine rings is 1. The van der Waals surface area contributed by atoms with Crippen molar-refractivity contribution in [3.63, 3.8) is 0 Å². The van der Waals surface area contributed by atoms with Crippen LogP contribution in [0.3, 0.4) is 0 Å². The van der Waals surface area contributed by atoms with Crippen molar-refractivity contribution in [1.29, 1.82) is 0 Å². The number of hydrogen-bond acceptors (Lipinski definition) is 4. The van der Waals surface area contributed by atoms with Gasteiger partial charge in [0.1, 0.15) is 0 Å². The number of benzene rings is 2. The van der Waals surface area contributed by atoms with Gasteiger partial charge in [0.25, 0.3) is 11.8 Å². The van der Waals surface area contributed by atoms with E-state index in [9.17, 15) is 9.59 Å². The molecule has 6 nitrogen and oxygen atoms in total. The number of likely N-dealkylation sites (tertiary alicyclic amines) is 1. The third-order valence-corrected chi connectivity index (χ3v) is 6.34. The third-order valence-electron chi connectivity index (χ3n) is 6.34. The van der Waals surface area contributed by atoms with Gasteiger partial charge in [-0.25, -0.2) is 0 Å². The molecular weight excluding hydrogens is 366 g/mol. The second-order valence-electron chi connectivity index (χ2n) is 8.23. The number of piperazine rings is 1. The Morgan fingerprint density at radius 3 is 2.00 bits per heavy atom. The van der Waals surface area contributed by atoms with Crippen LogP contribution in [0, 0.1) is 0 Å². The third kappa shape index (κ3) is 3.22. The minimum Gasteiger partial charge on any atom is -0.378 e. The van der Waals surface area contributed by atoms with Crippen molar-refractivity contribution in [2.75, 3.05) is 45.9 Å². The van der Waals surface area contributed by atoms with Crippen LogP contribution in [-0.2, 0) is 4.74 Å². The van der Waals surface area contributed by atoms with Crippen LogP contribution >= 0.6 is 0 Å². The molecule has 2 aromatic carbocycles. The highest BCUT2D eigenvalue weighted by Crippen LogP contribution is 2.36. The van der Waals surface area contributed by atoms with E-state index in [-0.39, 0.29) is 23.4 Å². The highest BCUT2D eigenvalue weighted by Gasteiger charge is 2.56. The van der Waals surface area contributed by atoms with Crippen LogP contribution in [0.1, 0.15) is 20.7 Å². The topological polar surface area (TPSA) is 53.1 Å². The molecule has 0 saturated carbocycles. The maximum Gasteiger partial charge on any atom is 0.253 e. The highest BCUT2D eigenvalue weighted by atomic mass is 16.5. The molecule has 0 radical (unpaired) electrons. The standard InChI is InChI=1S/C23H25N3O3/c27-21(18-7-3-1-4-8-18)24-13-20-14-29-12-11-26(20)23(15-24)16-25(17-23)22(28)19-9-5-2-6-10-19/h1-10,20H,11-17H2. The minimum absolute atomic E-state index is 0.0584. The Hall–Kier alpha value is -2.70. The molecule has 150 valence electrons. The molecule has 2 aromatic rings. The van der Waals surface area contributed by atoms with Crippen LogP contribution in [0.15, 0.2) is 60.7 Å². The molecule has 1 spiro atoms. The fraction of sp³-hybridized carbons (Fsp3) is 0.391. The van der Waals surface area contributed by atoms with E-state index in [1.165, 1.54) is 0 Å². The molecule has 0 bridgehead atoms. The molecule has 3 saturated heterocycles. The first kappa shape index (κ1) is 18.3. The van der Waals surface area contributed by atoms with Crippen LogP contribution in [0.5, 0.6) is 0 Å². The Morgan fingerprint density at radius 2 is 1.38 bits per heavy atom. The molecule has 2 amide bonds. The summed E-state index contributed by atoms with van der Waals surface area (Å²) in [5, 5.41) is 0. The average Bonchev–Trinajstić information content (AvgIpc) is 2.77. The van der Waals surface area contributed by atoms with E-state index in [2.05, 4.69) is 4.90 Å². The Bertz CT molecular complexity index is 896. The lowest BCUT2D eigenvalue weighted by molar-refractivity contribution is -0.148. The monoisotopic (exact) mass is 391 g/mol. The lowest BCUT2D eigenvalue weighted by atomic mass is 9.82. The van der Waals surface area contributed by atoms with Crippen molar-refractivity contribution in [3.8, 4) is 0 Å². The molecule has 3 aliphatic heterocycles. The summed E-state index contributed by atoms with van der Waals surface area (Å²) < 4.78 is 5.72. The van der Waals surface area contributed by atoms with Gasteiger partial charge in [-0.15, -0.1) is 0 Å². The van der Waals surface area contributed by atoms with Crippen LogP contribution in [0.2, 0.25) is 0 Å². The normalized spacial score (nSPS) is 23.4. The lowest BCUT2D eigenvalue weighted by Crippen LogP contribution is -2.81. The molecule has 5 rings (SSSR count). The molecule has 1 atom stereocenters. The summed E-state index contributed by atoms with van der Waals surface area (Å²) in [5.41, 5.74) is 1.25. The van der Waals surface area contributed by atoms with E-state index in [4.69, 9.17) is 4.74 Å². The molecule has 0 aliphatic carbocycles. The Balaban J connectivity index is 1.36. The van der Waals surface area contributed by atoms with E-state index in [0.29, 0.717) is 50.5 Å². The van der Waals surface area contributed by atoms with Gasteiger partial charge in [-0.05, 0) is 24.3 Å². The maximum atomic E-state index is 13.1. The lowest BCUT2D eigenvalue weighted by Gasteiger charge is -2.63. The van der Waals surface area contributed by atoms with Crippen LogP contribution < -0.4 is 0 Å². The van der Waals surface area contributed by atoms with Gasteiger partial charge in [0.05, 0.1) is 24.8 Å². The number of amides is 2. The van der Waals surface area contributed by atoms with Crippen LogP contribution in [0.25, 0.3) is 0 Å². The summed E-state index contributed by atoms with van der Waals surface area (Å²) in [6.45, 7) is 4.80. The molecule has 0 aromatic heterocycles. The molecule has 1 unspecified atom stereocenters. The van der Waals surface area contributed by atoms with Crippen molar-refractivity contribution in [1.82, 2.24) is 14.7 Å². The zero-order valence-electron chi connectivity index (χ0n) is 16.4. The fourth-order valence-electron chi connectivity index (χ4n) is 4.97. The molecule has 0 N–H and O–H groups in total. The number of carbonyl (C=O) groups excluding carboxylic acids is 2. The summed E-state index contributed by atoms with van der Waals surface area (Å²) in [5.74, 6) is 0.121. The first-order chi connectivity index (χ1) is 14.2. The van der Waals surface area contributed by atoms with Gasteiger partial charge in [-0.3, -0.25) is 14.5 Å². The Kier molecular flexibility index (Phi) is 4.60. The Morgan fingerprint density at radius 1 is 0.828 bits per heavy atom. The highest BCUT2D eigenvalue weighted by molar-refractivity contribution is 5.95. The summed E-state index contributed by atoms with van der Waals surface area (Å²) in [4.78, 5) is 32.3. The zero-order chi connectivity index (χ0) is 19.8. The van der Waals surface area contributed by atoms with Gasteiger partial charge in [-0.2, -0.15) is 0 Å². The van der Waals surface area contributed by atoms with Crippen molar-refractivity contribution in [3.05, 3.63) is 71.8 Å². The number of ether oxygens (including phenoxy) is 1. The van der Waals surface area contributed by atoms with E-state index in [0.717, 1.165) is 6.54 Å². The predicted molar refractivity (Wildman–Crippen MR) is 109 cm³/mol. The predicted octanol–water partition coefficient (Wildman–Crippen LogP) is 1.74. The van der Waals surface area contributed by atoms with Gasteiger partial charge < -0.3 is 14.5 Å². The quantitative estimate of drug-likeness (QED) is 0.783. The summed E-state index contributed by atoms with van der Waals surface area (Å²) in [6.07, 6.45) is 0. The maximum absolute atomic E-state index is 13.1. The number of hydrogen-bond donors (Lipinski definition) is 0. The average molecular weight is 391 g/mol. The molecule has 6 heteroatoms. The van der Waals surface area contributed by atoms with E-state index >= 15 is 0 Å². The van der Waals surface area contributed by atoms with Crippen LogP contribution in [-0.4, -0.2) is 84.0 Å². The number of rotatable bonds is 2. The zero-order valence-corrected chi connectivity index (χ0v) is 16.4. The van der Waals surface area contributed by atoms with Crippen LogP contribution in [0.4, 0.5) is 0 Å². The molecule has 3 fully saturated rings. The summed E-state index contributed by atoms with van der Waals surface area (Å²) in [6, 6.07) is 19.0. The van der Waals surface area contributed by atoms with E-state index < -0.39 is 0 Å². The van der Waals surface area contributed by atoms with Crippen molar-refractivity contribution >= 4 is 11.8 Å². The van der Waals surface area contributed by atoms with Gasteiger partial charge in [0.2, 0.25) is 0 Å². The molecule has 3 aliphatic rings. The summed E-state index contributed by atoms with van der Waals surface area (Å²) >= 11 is 0. The first-order valence-corrected chi connectivity index (χ1v) is 10.2. The van der Waals surface area contributed by atoms with Crippen molar-refractivity contribution in [2.45, 2.75) is 11.6 Å². The van der Waals surface area contributed by atoms with Gasteiger partial charge in [0.15, 0.2) is 0 Å². The first-order valence-electron chi connectivity index (χ1n) is 10.2. The SMILES string of the molecule is O=C(c1ccccc1)N1CC2COCCN2C2(C1)CN(C(=O)c1ccccc1)C2. The van der Waals surface area contributed by atoms with Gasteiger partial charge in [-0.1, -0.05) is 36.4 Å². The number of nitrogens with zero attached hydrogens (tertiary/aromatic N) is 3. The van der Waals surface area contributed by atoms with Gasteiger partial charge >= 0.3 is 0 Å². The van der Waals surface area contributed by atoms with Gasteiger partial charge in [0, 0.05) is 43.9 Å². The fourth-order valence-corrected chi connectivity index (χ4v) is 4.97. The second kappa shape index (κ2) is 7.28. The minimum atomic E-state index is -0.179. The van der Waals surface area contributed by atoms with Crippen molar-refractivity contribution < 1.29 is 14.3 Å².